The summed E-state index contributed by atoms with van der Waals surface area (Å²) in [6, 6.07) is 0.562. The lowest BCUT2D eigenvalue weighted by molar-refractivity contribution is -0.125. The minimum atomic E-state index is 0.388. The van der Waals surface area contributed by atoms with Gasteiger partial charge in [-0.1, -0.05) is 12.8 Å². The van der Waals surface area contributed by atoms with Gasteiger partial charge in [-0.25, -0.2) is 0 Å². The normalized spacial score (nSPS) is 34.8. The highest BCUT2D eigenvalue weighted by atomic mass is 16.5. The van der Waals surface area contributed by atoms with E-state index >= 15 is 0 Å². The van der Waals surface area contributed by atoms with Crippen LogP contribution in [0.15, 0.2) is 4.99 Å². The van der Waals surface area contributed by atoms with Crippen LogP contribution < -0.4 is 5.32 Å². The zero-order chi connectivity index (χ0) is 17.3. The van der Waals surface area contributed by atoms with Crippen molar-refractivity contribution in [2.24, 2.45) is 22.2 Å². The number of hydrogen-bond acceptors (Lipinski definition) is 3. The molecule has 0 radical (unpaired) electrons. The second kappa shape index (κ2) is 7.43. The van der Waals surface area contributed by atoms with Crippen molar-refractivity contribution in [3.05, 3.63) is 0 Å². The van der Waals surface area contributed by atoms with E-state index in [1.807, 2.05) is 7.05 Å². The summed E-state index contributed by atoms with van der Waals surface area (Å²) in [5, 5.41) is 3.87. The van der Waals surface area contributed by atoms with Crippen molar-refractivity contribution in [2.45, 2.75) is 63.5 Å². The van der Waals surface area contributed by atoms with Crippen molar-refractivity contribution in [3.8, 4) is 0 Å². The predicted molar refractivity (Wildman–Crippen MR) is 99.8 cm³/mol. The fourth-order valence-corrected chi connectivity index (χ4v) is 5.91. The Morgan fingerprint density at radius 3 is 2.64 bits per heavy atom. The van der Waals surface area contributed by atoms with Gasteiger partial charge in [0.15, 0.2) is 5.96 Å². The Labute approximate surface area is 152 Å². The van der Waals surface area contributed by atoms with Crippen LogP contribution in [0.4, 0.5) is 0 Å². The zero-order valence-electron chi connectivity index (χ0n) is 16.0. The quantitative estimate of drug-likeness (QED) is 0.626. The summed E-state index contributed by atoms with van der Waals surface area (Å²) in [6.45, 7) is 3.91. The number of aliphatic imine (C=N–C) groups is 1. The van der Waals surface area contributed by atoms with Crippen LogP contribution in [0, 0.1) is 17.3 Å². The highest BCUT2D eigenvalue weighted by Crippen LogP contribution is 2.60. The summed E-state index contributed by atoms with van der Waals surface area (Å²) in [6.07, 6.45) is 10.8. The Kier molecular flexibility index (Phi) is 5.23. The van der Waals surface area contributed by atoms with Crippen molar-refractivity contribution in [1.29, 1.82) is 0 Å². The van der Waals surface area contributed by atoms with Gasteiger partial charge in [0.1, 0.15) is 0 Å². The number of hydrogen-bond donors (Lipinski definition) is 1. The third kappa shape index (κ3) is 3.18. The molecule has 5 heteroatoms. The summed E-state index contributed by atoms with van der Waals surface area (Å²) in [4.78, 5) is 6.94. The third-order valence-electron chi connectivity index (χ3n) is 7.36. The molecule has 0 amide bonds. The van der Waals surface area contributed by atoms with Gasteiger partial charge in [0.2, 0.25) is 0 Å². The number of rotatable bonds is 4. The van der Waals surface area contributed by atoms with Crippen molar-refractivity contribution in [2.75, 3.05) is 40.5 Å². The van der Waals surface area contributed by atoms with E-state index in [1.54, 1.807) is 0 Å². The second-order valence-electron chi connectivity index (χ2n) is 8.62. The van der Waals surface area contributed by atoms with E-state index in [0.29, 0.717) is 23.5 Å². The summed E-state index contributed by atoms with van der Waals surface area (Å²) in [5.74, 6) is 2.58. The minimum Gasteiger partial charge on any atom is -0.381 e. The molecule has 4 fully saturated rings. The standard InChI is InChI=1S/C20H35N3O2/c1-21-19(23(2)11-5-15-6-12-24-13-7-15)22-17-16-8-14-25-18(16)20(17)9-3-4-10-20/h15-18H,3-14H2,1-2H3,(H,21,22). The largest absolute Gasteiger partial charge is 0.381 e. The van der Waals surface area contributed by atoms with Crippen LogP contribution >= 0.6 is 0 Å². The maximum Gasteiger partial charge on any atom is 0.193 e. The summed E-state index contributed by atoms with van der Waals surface area (Å²) < 4.78 is 11.6. The van der Waals surface area contributed by atoms with Gasteiger partial charge in [0.05, 0.1) is 6.10 Å². The lowest BCUT2D eigenvalue weighted by Gasteiger charge is -2.57. The maximum atomic E-state index is 6.12. The first kappa shape index (κ1) is 17.6. The lowest BCUT2D eigenvalue weighted by atomic mass is 9.54. The molecule has 5 nitrogen and oxygen atoms in total. The number of nitrogens with zero attached hydrogens (tertiary/aromatic N) is 2. The molecule has 0 aromatic carbocycles. The van der Waals surface area contributed by atoms with E-state index in [1.165, 1.54) is 51.4 Å². The highest BCUT2D eigenvalue weighted by Gasteiger charge is 2.65. The smallest absolute Gasteiger partial charge is 0.193 e. The molecule has 25 heavy (non-hydrogen) atoms. The summed E-state index contributed by atoms with van der Waals surface area (Å²) in [5.41, 5.74) is 0.388. The Balaban J connectivity index is 1.34. The molecular formula is C20H35N3O2. The van der Waals surface area contributed by atoms with Gasteiger partial charge < -0.3 is 19.7 Å². The molecule has 3 atom stereocenters. The lowest BCUT2D eigenvalue weighted by Crippen LogP contribution is -2.69. The van der Waals surface area contributed by atoms with Gasteiger partial charge in [-0.05, 0) is 44.4 Å². The topological polar surface area (TPSA) is 46.1 Å². The van der Waals surface area contributed by atoms with Gasteiger partial charge in [0, 0.05) is 57.8 Å². The fraction of sp³-hybridized carbons (Fsp3) is 0.950. The van der Waals surface area contributed by atoms with Crippen LogP contribution in [0.5, 0.6) is 0 Å². The van der Waals surface area contributed by atoms with Gasteiger partial charge in [-0.2, -0.15) is 0 Å². The second-order valence-corrected chi connectivity index (χ2v) is 8.62. The Morgan fingerprint density at radius 2 is 1.92 bits per heavy atom. The summed E-state index contributed by atoms with van der Waals surface area (Å²) in [7, 11) is 4.12. The molecule has 2 saturated heterocycles. The monoisotopic (exact) mass is 349 g/mol. The van der Waals surface area contributed by atoms with E-state index in [9.17, 15) is 0 Å². The molecule has 0 aromatic rings. The predicted octanol–water partition coefficient (Wildman–Crippen LogP) is 2.66. The van der Waals surface area contributed by atoms with Crippen molar-refractivity contribution < 1.29 is 9.47 Å². The number of nitrogens with one attached hydrogen (secondary N) is 1. The van der Waals surface area contributed by atoms with Gasteiger partial charge in [-0.3, -0.25) is 4.99 Å². The Hall–Kier alpha value is -0.810. The first-order valence-corrected chi connectivity index (χ1v) is 10.4. The molecule has 2 saturated carbocycles. The Morgan fingerprint density at radius 1 is 1.16 bits per heavy atom. The van der Waals surface area contributed by atoms with Crippen LogP contribution in [0.25, 0.3) is 0 Å². The SMILES string of the molecule is CN=C(NC1C2CCOC2C12CCCC2)N(C)CCC1CCOCC1. The molecule has 1 N–H and O–H groups in total. The van der Waals surface area contributed by atoms with Crippen LogP contribution in [0.1, 0.15) is 51.4 Å². The molecule has 2 aliphatic heterocycles. The molecular weight excluding hydrogens is 314 g/mol. The van der Waals surface area contributed by atoms with Gasteiger partial charge >= 0.3 is 0 Å². The first-order valence-electron chi connectivity index (χ1n) is 10.4. The molecule has 3 unspecified atom stereocenters. The van der Waals surface area contributed by atoms with Crippen molar-refractivity contribution in [3.63, 3.8) is 0 Å². The van der Waals surface area contributed by atoms with E-state index in [4.69, 9.17) is 9.47 Å². The third-order valence-corrected chi connectivity index (χ3v) is 7.36. The van der Waals surface area contributed by atoms with Crippen molar-refractivity contribution in [1.82, 2.24) is 10.2 Å². The Bertz CT molecular complexity index is 483. The number of fused-ring (bicyclic) bond motifs is 2. The van der Waals surface area contributed by atoms with Crippen molar-refractivity contribution >= 4 is 5.96 Å². The highest BCUT2D eigenvalue weighted by molar-refractivity contribution is 5.80. The molecule has 1 spiro atoms. The average molecular weight is 350 g/mol. The summed E-state index contributed by atoms with van der Waals surface area (Å²) >= 11 is 0. The number of guanidine groups is 1. The van der Waals surface area contributed by atoms with E-state index in [0.717, 1.165) is 38.2 Å². The van der Waals surface area contributed by atoms with E-state index < -0.39 is 0 Å². The van der Waals surface area contributed by atoms with Crippen LogP contribution in [-0.4, -0.2) is 63.5 Å². The van der Waals surface area contributed by atoms with Crippen LogP contribution in [-0.2, 0) is 9.47 Å². The van der Waals surface area contributed by atoms with Crippen LogP contribution in [0.2, 0.25) is 0 Å². The maximum absolute atomic E-state index is 6.12. The molecule has 2 aliphatic carbocycles. The number of ether oxygens (including phenoxy) is 2. The van der Waals surface area contributed by atoms with E-state index in [-0.39, 0.29) is 0 Å². The van der Waals surface area contributed by atoms with Gasteiger partial charge in [-0.15, -0.1) is 0 Å². The first-order chi connectivity index (χ1) is 12.2. The average Bonchev–Trinajstić information content (AvgIpc) is 3.30. The van der Waals surface area contributed by atoms with Crippen LogP contribution in [0.3, 0.4) is 0 Å². The molecule has 0 bridgehead atoms. The minimum absolute atomic E-state index is 0.388. The molecule has 0 aromatic heterocycles. The van der Waals surface area contributed by atoms with E-state index in [2.05, 4.69) is 22.3 Å². The molecule has 4 rings (SSSR count). The fourth-order valence-electron chi connectivity index (χ4n) is 5.91. The molecule has 142 valence electrons. The zero-order valence-corrected chi connectivity index (χ0v) is 16.0. The molecule has 2 heterocycles. The van der Waals surface area contributed by atoms with Gasteiger partial charge in [0.25, 0.3) is 0 Å². The molecule has 4 aliphatic rings.